The fourth-order valence-corrected chi connectivity index (χ4v) is 1.52. The van der Waals surface area contributed by atoms with Crippen LogP contribution in [0.15, 0.2) is 16.5 Å². The van der Waals surface area contributed by atoms with Gasteiger partial charge in [-0.2, -0.15) is 26.3 Å². The summed E-state index contributed by atoms with van der Waals surface area (Å²) in [4.78, 5) is 0. The van der Waals surface area contributed by atoms with Crippen molar-refractivity contribution in [2.24, 2.45) is 11.7 Å². The fourth-order valence-electron chi connectivity index (χ4n) is 1.52. The van der Waals surface area contributed by atoms with Crippen LogP contribution in [0.25, 0.3) is 0 Å². The molecule has 2 N–H and O–H groups in total. The predicted octanol–water partition coefficient (Wildman–Crippen LogP) is 3.58. The Bertz CT molecular complexity index is 380. The summed E-state index contributed by atoms with van der Waals surface area (Å²) in [6.07, 6.45) is -10.6. The van der Waals surface area contributed by atoms with Crippen LogP contribution in [0.3, 0.4) is 0 Å². The summed E-state index contributed by atoms with van der Waals surface area (Å²) < 4.78 is 79.2. The van der Waals surface area contributed by atoms with Crippen LogP contribution in [0.1, 0.15) is 24.5 Å². The average molecular weight is 275 g/mol. The number of nitrogens with two attached hydrogens (primary N) is 1. The topological polar surface area (TPSA) is 39.2 Å². The van der Waals surface area contributed by atoms with Gasteiger partial charge in [0.25, 0.3) is 0 Å². The van der Waals surface area contributed by atoms with Crippen molar-refractivity contribution in [1.29, 1.82) is 0 Å². The SMILES string of the molecule is CCc1ccc(C(N)C(C(F)(F)F)C(F)(F)F)o1. The molecular formula is C10H11F6NO. The number of aryl methyl sites for hydroxylation is 1. The molecule has 0 amide bonds. The highest BCUT2D eigenvalue weighted by Crippen LogP contribution is 2.45. The quantitative estimate of drug-likeness (QED) is 0.856. The van der Waals surface area contributed by atoms with E-state index >= 15 is 0 Å². The van der Waals surface area contributed by atoms with E-state index in [2.05, 4.69) is 0 Å². The lowest BCUT2D eigenvalue weighted by atomic mass is 9.97. The summed E-state index contributed by atoms with van der Waals surface area (Å²) >= 11 is 0. The lowest BCUT2D eigenvalue weighted by molar-refractivity contribution is -0.291. The molecule has 18 heavy (non-hydrogen) atoms. The van der Waals surface area contributed by atoms with Crippen molar-refractivity contribution in [3.63, 3.8) is 0 Å². The van der Waals surface area contributed by atoms with Crippen LogP contribution in [0, 0.1) is 5.92 Å². The Labute approximate surface area is 98.7 Å². The van der Waals surface area contributed by atoms with E-state index in [0.717, 1.165) is 6.07 Å². The van der Waals surface area contributed by atoms with Gasteiger partial charge in [0.05, 0.1) is 6.04 Å². The van der Waals surface area contributed by atoms with Crippen molar-refractivity contribution in [2.45, 2.75) is 31.7 Å². The molecule has 0 aliphatic rings. The van der Waals surface area contributed by atoms with E-state index in [4.69, 9.17) is 10.2 Å². The highest BCUT2D eigenvalue weighted by molar-refractivity contribution is 5.12. The van der Waals surface area contributed by atoms with Gasteiger partial charge in [-0.05, 0) is 12.1 Å². The molecule has 2 nitrogen and oxygen atoms in total. The van der Waals surface area contributed by atoms with Crippen molar-refractivity contribution < 1.29 is 30.8 Å². The van der Waals surface area contributed by atoms with Crippen molar-refractivity contribution in [1.82, 2.24) is 0 Å². The minimum Gasteiger partial charge on any atom is -0.464 e. The van der Waals surface area contributed by atoms with Gasteiger partial charge >= 0.3 is 12.4 Å². The second-order valence-corrected chi connectivity index (χ2v) is 3.74. The fraction of sp³-hybridized carbons (Fsp3) is 0.600. The zero-order chi connectivity index (χ0) is 14.1. The number of alkyl halides is 6. The van der Waals surface area contributed by atoms with Crippen LogP contribution >= 0.6 is 0 Å². The first kappa shape index (κ1) is 14.9. The summed E-state index contributed by atoms with van der Waals surface area (Å²) in [5.41, 5.74) is 5.05. The number of hydrogen-bond donors (Lipinski definition) is 1. The molecule has 0 saturated heterocycles. The van der Waals surface area contributed by atoms with E-state index in [-0.39, 0.29) is 5.76 Å². The Morgan fingerprint density at radius 2 is 1.61 bits per heavy atom. The van der Waals surface area contributed by atoms with Crippen molar-refractivity contribution >= 4 is 0 Å². The van der Waals surface area contributed by atoms with Gasteiger partial charge in [-0.15, -0.1) is 0 Å². The van der Waals surface area contributed by atoms with Crippen molar-refractivity contribution in [3.8, 4) is 0 Å². The minimum atomic E-state index is -5.48. The summed E-state index contributed by atoms with van der Waals surface area (Å²) in [5.74, 6) is -3.88. The molecule has 1 atom stereocenters. The van der Waals surface area contributed by atoms with Gasteiger partial charge in [0.2, 0.25) is 0 Å². The summed E-state index contributed by atoms with van der Waals surface area (Å²) in [5, 5.41) is 0. The second-order valence-electron chi connectivity index (χ2n) is 3.74. The molecule has 8 heteroatoms. The van der Waals surface area contributed by atoms with E-state index < -0.39 is 30.1 Å². The molecule has 0 spiro atoms. The normalized spacial score (nSPS) is 15.2. The molecule has 0 fully saturated rings. The van der Waals surface area contributed by atoms with E-state index in [9.17, 15) is 26.3 Å². The number of hydrogen-bond acceptors (Lipinski definition) is 2. The Morgan fingerprint density at radius 1 is 1.11 bits per heavy atom. The van der Waals surface area contributed by atoms with Crippen LogP contribution in [0.5, 0.6) is 0 Å². The van der Waals surface area contributed by atoms with Crippen LogP contribution in [-0.4, -0.2) is 12.4 Å². The molecule has 1 unspecified atom stereocenters. The molecule has 0 aliphatic carbocycles. The van der Waals surface area contributed by atoms with Crippen LogP contribution in [-0.2, 0) is 6.42 Å². The molecule has 0 radical (unpaired) electrons. The first-order valence-corrected chi connectivity index (χ1v) is 5.05. The maximum absolute atomic E-state index is 12.4. The standard InChI is InChI=1S/C10H11F6NO/c1-2-5-3-4-6(18-5)7(17)8(9(11,12)13)10(14,15)16/h3-4,7-8H,2,17H2,1H3. The molecule has 1 heterocycles. The zero-order valence-corrected chi connectivity index (χ0v) is 9.27. The first-order chi connectivity index (χ1) is 8.07. The minimum absolute atomic E-state index is 0.281. The van der Waals surface area contributed by atoms with Gasteiger partial charge in [-0.3, -0.25) is 0 Å². The summed E-state index contributed by atoms with van der Waals surface area (Å²) in [6.45, 7) is 1.65. The largest absolute Gasteiger partial charge is 0.464 e. The number of rotatable bonds is 3. The van der Waals surface area contributed by atoms with Crippen LogP contribution in [0.2, 0.25) is 0 Å². The molecule has 1 aromatic heterocycles. The van der Waals surface area contributed by atoms with E-state index in [1.165, 1.54) is 6.07 Å². The second kappa shape index (κ2) is 4.83. The Hall–Kier alpha value is -1.18. The monoisotopic (exact) mass is 275 g/mol. The smallest absolute Gasteiger partial charge is 0.402 e. The lowest BCUT2D eigenvalue weighted by Crippen LogP contribution is -2.43. The third kappa shape index (κ3) is 3.18. The van der Waals surface area contributed by atoms with Gasteiger partial charge in [-0.25, -0.2) is 0 Å². The maximum atomic E-state index is 12.4. The van der Waals surface area contributed by atoms with Gasteiger partial charge in [0, 0.05) is 6.42 Å². The Balaban J connectivity index is 3.07. The van der Waals surface area contributed by atoms with Crippen molar-refractivity contribution in [2.75, 3.05) is 0 Å². The van der Waals surface area contributed by atoms with Gasteiger partial charge in [0.1, 0.15) is 11.5 Å². The number of furan rings is 1. The van der Waals surface area contributed by atoms with Crippen molar-refractivity contribution in [3.05, 3.63) is 23.7 Å². The molecule has 0 bridgehead atoms. The molecule has 104 valence electrons. The highest BCUT2D eigenvalue weighted by Gasteiger charge is 2.60. The Kier molecular flexibility index (Phi) is 3.99. The van der Waals surface area contributed by atoms with Gasteiger partial charge in [-0.1, -0.05) is 6.92 Å². The molecule has 0 saturated carbocycles. The number of halogens is 6. The maximum Gasteiger partial charge on any atom is 0.402 e. The van der Waals surface area contributed by atoms with Gasteiger partial charge < -0.3 is 10.2 Å². The van der Waals surface area contributed by atoms with E-state index in [1.54, 1.807) is 6.92 Å². The summed E-state index contributed by atoms with van der Waals surface area (Å²) in [7, 11) is 0. The first-order valence-electron chi connectivity index (χ1n) is 5.05. The molecule has 0 aromatic carbocycles. The third-order valence-electron chi connectivity index (χ3n) is 2.42. The van der Waals surface area contributed by atoms with Crippen LogP contribution < -0.4 is 5.73 Å². The molecule has 1 rings (SSSR count). The lowest BCUT2D eigenvalue weighted by Gasteiger charge is -2.26. The van der Waals surface area contributed by atoms with Crippen LogP contribution in [0.4, 0.5) is 26.3 Å². The van der Waals surface area contributed by atoms with E-state index in [0.29, 0.717) is 6.42 Å². The van der Waals surface area contributed by atoms with Gasteiger partial charge in [0.15, 0.2) is 5.92 Å². The third-order valence-corrected chi connectivity index (χ3v) is 2.42. The zero-order valence-electron chi connectivity index (χ0n) is 9.27. The molecule has 1 aromatic rings. The predicted molar refractivity (Wildman–Crippen MR) is 50.6 cm³/mol. The molecular weight excluding hydrogens is 264 g/mol. The average Bonchev–Trinajstić information content (AvgIpc) is 2.60. The highest BCUT2D eigenvalue weighted by atomic mass is 19.4. The van der Waals surface area contributed by atoms with E-state index in [1.807, 2.05) is 0 Å². The molecule has 0 aliphatic heterocycles. The Morgan fingerprint density at radius 3 is 1.94 bits per heavy atom. The summed E-state index contributed by atoms with van der Waals surface area (Å²) in [6, 6.07) is 0.0396.